The molecule has 6 fully saturated rings. The van der Waals surface area contributed by atoms with Gasteiger partial charge in [0.15, 0.2) is 0 Å². The third-order valence-electron chi connectivity index (χ3n) is 10.7. The first-order chi connectivity index (χ1) is 22.2. The van der Waals surface area contributed by atoms with Gasteiger partial charge >= 0.3 is 12.4 Å². The molecular weight excluding hydrogens is 634 g/mol. The summed E-state index contributed by atoms with van der Waals surface area (Å²) in [7, 11) is 1.38. The predicted octanol–water partition coefficient (Wildman–Crippen LogP) is 4.73. The lowest BCUT2D eigenvalue weighted by atomic mass is 9.43. The topological polar surface area (TPSA) is 118 Å². The van der Waals surface area contributed by atoms with Crippen LogP contribution in [0, 0.1) is 17.8 Å². The largest absolute Gasteiger partial charge is 0.480 e. The van der Waals surface area contributed by atoms with E-state index in [2.05, 4.69) is 30.8 Å². The molecule has 47 heavy (non-hydrogen) atoms. The first-order valence-corrected chi connectivity index (χ1v) is 15.6. The van der Waals surface area contributed by atoms with Crippen LogP contribution in [0.2, 0.25) is 0 Å². The van der Waals surface area contributed by atoms with E-state index in [9.17, 15) is 35.9 Å². The monoisotopic (exact) mass is 668 g/mol. The second kappa shape index (κ2) is 11.2. The minimum absolute atomic E-state index is 0.0445. The van der Waals surface area contributed by atoms with Gasteiger partial charge < -0.3 is 25.4 Å². The van der Waals surface area contributed by atoms with Gasteiger partial charge in [-0.3, -0.25) is 14.5 Å². The Hall–Kier alpha value is -3.66. The molecule has 1 aliphatic heterocycles. The Morgan fingerprint density at radius 3 is 2.32 bits per heavy atom. The summed E-state index contributed by atoms with van der Waals surface area (Å²) in [4.78, 5) is 38.4. The van der Waals surface area contributed by atoms with E-state index in [-0.39, 0.29) is 34.4 Å². The highest BCUT2D eigenvalue weighted by molar-refractivity contribution is 6.02. The normalized spacial score (nSPS) is 31.5. The Morgan fingerprint density at radius 2 is 1.66 bits per heavy atom. The van der Waals surface area contributed by atoms with Crippen LogP contribution in [0.3, 0.4) is 0 Å². The van der Waals surface area contributed by atoms with Crippen LogP contribution in [0.25, 0.3) is 0 Å². The van der Waals surface area contributed by atoms with Crippen molar-refractivity contribution in [1.82, 2.24) is 20.2 Å². The summed E-state index contributed by atoms with van der Waals surface area (Å²) in [6, 6.07) is 0.730. The van der Waals surface area contributed by atoms with Crippen LogP contribution < -0.4 is 20.7 Å². The van der Waals surface area contributed by atoms with Crippen molar-refractivity contribution < 1.29 is 45.4 Å². The third kappa shape index (κ3) is 5.56. The number of halogens is 6. The van der Waals surface area contributed by atoms with Gasteiger partial charge in [0.1, 0.15) is 17.7 Å². The van der Waals surface area contributed by atoms with E-state index in [0.717, 1.165) is 44.8 Å². The lowest BCUT2D eigenvalue weighted by molar-refractivity contribution is -0.172. The Kier molecular flexibility index (Phi) is 7.61. The molecule has 4 atom stereocenters. The van der Waals surface area contributed by atoms with Crippen molar-refractivity contribution >= 4 is 23.3 Å². The fourth-order valence-corrected chi connectivity index (χ4v) is 8.74. The van der Waals surface area contributed by atoms with Gasteiger partial charge in [0.05, 0.1) is 37.4 Å². The van der Waals surface area contributed by atoms with Gasteiger partial charge in [0.25, 0.3) is 5.91 Å². The maximum atomic E-state index is 13.9. The van der Waals surface area contributed by atoms with Crippen molar-refractivity contribution in [2.75, 3.05) is 44.0 Å². The fourth-order valence-electron chi connectivity index (χ4n) is 8.74. The smallest absolute Gasteiger partial charge is 0.417 e. The van der Waals surface area contributed by atoms with E-state index in [1.807, 2.05) is 0 Å². The molecule has 4 bridgehead atoms. The highest BCUT2D eigenvalue weighted by Crippen LogP contribution is 2.65. The number of benzene rings is 1. The van der Waals surface area contributed by atoms with Crippen LogP contribution in [-0.4, -0.2) is 77.2 Å². The molecule has 5 aliphatic carbocycles. The molecule has 3 N–H and O–H groups in total. The lowest BCUT2D eigenvalue weighted by Gasteiger charge is -2.74. The average Bonchev–Trinajstić information content (AvgIpc) is 3.59. The van der Waals surface area contributed by atoms with E-state index in [0.29, 0.717) is 44.0 Å². The van der Waals surface area contributed by atoms with E-state index in [4.69, 9.17) is 9.47 Å². The number of nitrogens with one attached hydrogen (secondary N) is 3. The summed E-state index contributed by atoms with van der Waals surface area (Å²) < 4.78 is 91.3. The van der Waals surface area contributed by atoms with Crippen LogP contribution >= 0.6 is 0 Å². The lowest BCUT2D eigenvalue weighted by Crippen LogP contribution is -2.82. The van der Waals surface area contributed by atoms with Crippen molar-refractivity contribution in [1.29, 1.82) is 0 Å². The summed E-state index contributed by atoms with van der Waals surface area (Å²) in [5, 5.41) is 8.82. The highest BCUT2D eigenvalue weighted by atomic mass is 19.4. The zero-order valence-electron chi connectivity index (χ0n) is 25.4. The number of aromatic nitrogens is 2. The summed E-state index contributed by atoms with van der Waals surface area (Å²) in [6.45, 7) is 3.17. The van der Waals surface area contributed by atoms with Gasteiger partial charge in [-0.1, -0.05) is 0 Å². The minimum Gasteiger partial charge on any atom is -0.480 e. The average molecular weight is 669 g/mol. The van der Waals surface area contributed by atoms with Crippen LogP contribution in [0.1, 0.15) is 60.0 Å². The van der Waals surface area contributed by atoms with Crippen molar-refractivity contribution in [3.63, 3.8) is 0 Å². The number of ether oxygens (including phenoxy) is 2. The van der Waals surface area contributed by atoms with Gasteiger partial charge in [0.2, 0.25) is 11.8 Å². The molecule has 0 spiro atoms. The first-order valence-electron chi connectivity index (χ1n) is 15.6. The van der Waals surface area contributed by atoms with Crippen LogP contribution in [-0.2, 0) is 21.9 Å². The first kappa shape index (κ1) is 31.9. The number of carbonyl (C=O) groups is 2. The molecule has 0 unspecified atom stereocenters. The van der Waals surface area contributed by atoms with E-state index in [1.54, 1.807) is 0 Å². The van der Waals surface area contributed by atoms with E-state index < -0.39 is 52.9 Å². The summed E-state index contributed by atoms with van der Waals surface area (Å²) in [6.07, 6.45) is -4.53. The zero-order valence-corrected chi connectivity index (χ0v) is 25.4. The SMILES string of the molecule is COc1ncnc(NC23CC(N4CCOCC4)(C2)C3)c1C(=O)N[C@@H]1[C@H]2CC[C@H](C2)[C@@H]1C(=O)Nc1ccc(C(F)(F)F)c(C(F)(F)F)c1. The van der Waals surface area contributed by atoms with Crippen molar-refractivity contribution in [2.45, 2.75) is 68.0 Å². The summed E-state index contributed by atoms with van der Waals surface area (Å²) in [5.41, 5.74) is -4.17. The maximum absolute atomic E-state index is 13.9. The molecule has 5 saturated carbocycles. The van der Waals surface area contributed by atoms with Gasteiger partial charge in [-0.05, 0) is 68.6 Å². The molecule has 16 heteroatoms. The Bertz CT molecular complexity index is 1560. The summed E-state index contributed by atoms with van der Waals surface area (Å²) >= 11 is 0. The molecule has 8 rings (SSSR count). The Labute approximate surface area is 266 Å². The standard InChI is InChI=1S/C31H34F6N6O4/c1-46-27-22(24(38-15-39-27)42-28-12-29(13-28,14-28)43-6-8-47-9-7-43)26(45)41-23-17-3-2-16(10-17)21(23)25(44)40-18-4-5-19(30(32,33)34)20(11-18)31(35,36)37/h4-5,11,15-17,21,23H,2-3,6-10,12-14H2,1H3,(H,40,44)(H,41,45)(H,38,39,42)/t16-,17+,21+,23-,28?,29?/m1/s1. The van der Waals surface area contributed by atoms with Gasteiger partial charge in [-0.15, -0.1) is 0 Å². The summed E-state index contributed by atoms with van der Waals surface area (Å²) in [5.74, 6) is -1.94. The quantitative estimate of drug-likeness (QED) is 0.346. The van der Waals surface area contributed by atoms with Crippen LogP contribution in [0.4, 0.5) is 37.8 Å². The molecule has 1 aromatic carbocycles. The van der Waals surface area contributed by atoms with Gasteiger partial charge in [0, 0.05) is 35.9 Å². The van der Waals surface area contributed by atoms with E-state index >= 15 is 0 Å². The number of morpholine rings is 1. The Morgan fingerprint density at radius 1 is 0.979 bits per heavy atom. The number of amides is 2. The third-order valence-corrected chi connectivity index (χ3v) is 10.7. The van der Waals surface area contributed by atoms with Crippen LogP contribution in [0.15, 0.2) is 24.5 Å². The zero-order chi connectivity index (χ0) is 33.4. The molecule has 2 heterocycles. The number of carbonyl (C=O) groups excluding carboxylic acids is 2. The van der Waals surface area contributed by atoms with Crippen molar-refractivity contribution in [3.8, 4) is 5.88 Å². The van der Waals surface area contributed by atoms with Crippen molar-refractivity contribution in [3.05, 3.63) is 41.2 Å². The second-order valence-electron chi connectivity index (χ2n) is 13.5. The minimum atomic E-state index is -5.29. The van der Waals surface area contributed by atoms with Crippen molar-refractivity contribution in [2.24, 2.45) is 17.8 Å². The van der Waals surface area contributed by atoms with E-state index in [1.165, 1.54) is 13.4 Å². The van der Waals surface area contributed by atoms with Crippen LogP contribution in [0.5, 0.6) is 5.88 Å². The predicted molar refractivity (Wildman–Crippen MR) is 155 cm³/mol. The Balaban J connectivity index is 1.08. The number of alkyl halides is 6. The highest BCUT2D eigenvalue weighted by Gasteiger charge is 2.70. The molecule has 6 aliphatic rings. The number of fused-ring (bicyclic) bond motifs is 2. The number of anilines is 2. The number of hydrogen-bond acceptors (Lipinski definition) is 8. The molecule has 2 amide bonds. The molecule has 254 valence electrons. The molecule has 2 aromatic rings. The number of hydrogen-bond donors (Lipinski definition) is 3. The molecule has 1 saturated heterocycles. The van der Waals surface area contributed by atoms with Gasteiger partial charge in [-0.25, -0.2) is 9.97 Å². The molecule has 0 radical (unpaired) electrons. The number of methoxy groups -OCH3 is 1. The number of nitrogens with zero attached hydrogens (tertiary/aromatic N) is 3. The molecular formula is C31H34F6N6O4. The second-order valence-corrected chi connectivity index (χ2v) is 13.5. The number of rotatable bonds is 8. The fraction of sp³-hybridized carbons (Fsp3) is 0.613. The van der Waals surface area contributed by atoms with Gasteiger partial charge in [-0.2, -0.15) is 26.3 Å². The molecule has 10 nitrogen and oxygen atoms in total. The maximum Gasteiger partial charge on any atom is 0.417 e. The molecule has 1 aromatic heterocycles.